The van der Waals surface area contributed by atoms with Gasteiger partial charge in [0.15, 0.2) is 0 Å². The summed E-state index contributed by atoms with van der Waals surface area (Å²) in [7, 11) is 1.38. The molecule has 1 heterocycles. The van der Waals surface area contributed by atoms with Gasteiger partial charge in [-0.05, 0) is 29.8 Å². The molecule has 0 saturated carbocycles. The van der Waals surface area contributed by atoms with Crippen molar-refractivity contribution in [3.05, 3.63) is 65.7 Å². The molecule has 1 aliphatic rings. The first-order valence-electron chi connectivity index (χ1n) is 9.11. The summed E-state index contributed by atoms with van der Waals surface area (Å²) in [5, 5.41) is 2.93. The van der Waals surface area contributed by atoms with Gasteiger partial charge in [0.05, 0.1) is 19.2 Å². The topological polar surface area (TPSA) is 61.9 Å². The van der Waals surface area contributed by atoms with Crippen molar-refractivity contribution in [2.75, 3.05) is 45.2 Å². The maximum Gasteiger partial charge on any atom is 0.337 e. The molecule has 1 aliphatic heterocycles. The molecule has 142 valence electrons. The Kier molecular flexibility index (Phi) is 6.57. The number of benzene rings is 2. The van der Waals surface area contributed by atoms with Crippen molar-refractivity contribution in [1.29, 1.82) is 0 Å². The Bertz CT molecular complexity index is 754. The molecule has 0 unspecified atom stereocenters. The van der Waals surface area contributed by atoms with Gasteiger partial charge in [-0.2, -0.15) is 0 Å². The molecule has 6 heteroatoms. The summed E-state index contributed by atoms with van der Waals surface area (Å²) >= 11 is 0. The van der Waals surface area contributed by atoms with Crippen LogP contribution in [0.2, 0.25) is 0 Å². The Labute approximate surface area is 159 Å². The van der Waals surface area contributed by atoms with E-state index in [1.54, 1.807) is 12.1 Å². The number of nitrogens with zero attached hydrogens (tertiary/aromatic N) is 2. The first-order chi connectivity index (χ1) is 13.1. The third-order valence-corrected chi connectivity index (χ3v) is 4.67. The van der Waals surface area contributed by atoms with E-state index in [-0.39, 0.29) is 11.9 Å². The number of ether oxygens (including phenoxy) is 1. The number of methoxy groups -OCH3 is 1. The summed E-state index contributed by atoms with van der Waals surface area (Å²) in [6, 6.07) is 17.0. The average Bonchev–Trinajstić information content (AvgIpc) is 2.70. The Hall–Kier alpha value is -2.70. The SMILES string of the molecule is COC(=O)c1ccc(CN2CCN(CC(=O)Nc3ccccc3)CC2)cc1. The highest BCUT2D eigenvalue weighted by molar-refractivity contribution is 5.92. The highest BCUT2D eigenvalue weighted by Gasteiger charge is 2.19. The number of hydrogen-bond acceptors (Lipinski definition) is 5. The number of anilines is 1. The second-order valence-electron chi connectivity index (χ2n) is 6.66. The smallest absolute Gasteiger partial charge is 0.337 e. The number of nitrogens with one attached hydrogen (secondary N) is 1. The number of amides is 1. The summed E-state index contributed by atoms with van der Waals surface area (Å²) in [6.07, 6.45) is 0. The Morgan fingerprint density at radius 2 is 1.56 bits per heavy atom. The molecule has 1 N–H and O–H groups in total. The first kappa shape index (κ1) is 19.1. The quantitative estimate of drug-likeness (QED) is 0.794. The third kappa shape index (κ3) is 5.64. The highest BCUT2D eigenvalue weighted by Crippen LogP contribution is 2.11. The molecule has 1 saturated heterocycles. The van der Waals surface area contributed by atoms with Gasteiger partial charge in [0, 0.05) is 38.4 Å². The molecular weight excluding hydrogens is 342 g/mol. The maximum absolute atomic E-state index is 12.2. The van der Waals surface area contributed by atoms with E-state index in [2.05, 4.69) is 15.1 Å². The van der Waals surface area contributed by atoms with Crippen LogP contribution in [0.25, 0.3) is 0 Å². The van der Waals surface area contributed by atoms with Crippen molar-refractivity contribution in [3.63, 3.8) is 0 Å². The lowest BCUT2D eigenvalue weighted by atomic mass is 10.1. The third-order valence-electron chi connectivity index (χ3n) is 4.67. The molecule has 0 spiro atoms. The van der Waals surface area contributed by atoms with Gasteiger partial charge in [0.1, 0.15) is 0 Å². The number of carbonyl (C=O) groups is 2. The number of para-hydroxylation sites is 1. The fourth-order valence-electron chi connectivity index (χ4n) is 3.15. The van der Waals surface area contributed by atoms with Crippen molar-refractivity contribution in [2.24, 2.45) is 0 Å². The van der Waals surface area contributed by atoms with Gasteiger partial charge in [-0.3, -0.25) is 14.6 Å². The van der Waals surface area contributed by atoms with Crippen LogP contribution in [-0.2, 0) is 16.1 Å². The molecule has 0 radical (unpaired) electrons. The van der Waals surface area contributed by atoms with Crippen LogP contribution in [0.1, 0.15) is 15.9 Å². The first-order valence-corrected chi connectivity index (χ1v) is 9.11. The number of piperazine rings is 1. The zero-order valence-corrected chi connectivity index (χ0v) is 15.6. The number of esters is 1. The fraction of sp³-hybridized carbons (Fsp3) is 0.333. The van der Waals surface area contributed by atoms with E-state index >= 15 is 0 Å². The molecule has 1 amide bonds. The van der Waals surface area contributed by atoms with Gasteiger partial charge in [-0.1, -0.05) is 30.3 Å². The lowest BCUT2D eigenvalue weighted by Crippen LogP contribution is -2.48. The Balaban J connectivity index is 1.42. The van der Waals surface area contributed by atoms with Crippen LogP contribution < -0.4 is 5.32 Å². The van der Waals surface area contributed by atoms with Crippen LogP contribution in [0.3, 0.4) is 0 Å². The highest BCUT2D eigenvalue weighted by atomic mass is 16.5. The Morgan fingerprint density at radius 3 is 2.19 bits per heavy atom. The number of rotatable bonds is 6. The van der Waals surface area contributed by atoms with E-state index in [0.717, 1.165) is 44.0 Å². The standard InChI is InChI=1S/C21H25N3O3/c1-27-21(26)18-9-7-17(8-10-18)15-23-11-13-24(14-12-23)16-20(25)22-19-5-3-2-4-6-19/h2-10H,11-16H2,1H3,(H,22,25). The largest absolute Gasteiger partial charge is 0.465 e. The molecule has 2 aromatic rings. The molecule has 27 heavy (non-hydrogen) atoms. The van der Waals surface area contributed by atoms with Gasteiger partial charge in [0.25, 0.3) is 0 Å². The summed E-state index contributed by atoms with van der Waals surface area (Å²) in [5.41, 5.74) is 2.56. The molecule has 6 nitrogen and oxygen atoms in total. The minimum absolute atomic E-state index is 0.0213. The summed E-state index contributed by atoms with van der Waals surface area (Å²) in [4.78, 5) is 28.2. The second kappa shape index (κ2) is 9.30. The van der Waals surface area contributed by atoms with Crippen LogP contribution in [0.4, 0.5) is 5.69 Å². The molecule has 3 rings (SSSR count). The zero-order chi connectivity index (χ0) is 19.1. The molecule has 0 atom stereocenters. The molecule has 0 aliphatic carbocycles. The van der Waals surface area contributed by atoms with Crippen LogP contribution in [0.15, 0.2) is 54.6 Å². The van der Waals surface area contributed by atoms with Crippen LogP contribution in [0, 0.1) is 0 Å². The van der Waals surface area contributed by atoms with E-state index in [1.807, 2.05) is 42.5 Å². The minimum atomic E-state index is -0.316. The van der Waals surface area contributed by atoms with Crippen LogP contribution >= 0.6 is 0 Å². The maximum atomic E-state index is 12.2. The second-order valence-corrected chi connectivity index (χ2v) is 6.66. The van der Waals surface area contributed by atoms with Gasteiger partial charge in [0.2, 0.25) is 5.91 Å². The van der Waals surface area contributed by atoms with E-state index in [1.165, 1.54) is 7.11 Å². The predicted octanol–water partition coefficient (Wildman–Crippen LogP) is 2.23. The zero-order valence-electron chi connectivity index (χ0n) is 15.6. The van der Waals surface area contributed by atoms with E-state index in [4.69, 9.17) is 4.74 Å². The average molecular weight is 367 g/mol. The molecular formula is C21H25N3O3. The van der Waals surface area contributed by atoms with E-state index < -0.39 is 0 Å². The van der Waals surface area contributed by atoms with Gasteiger partial charge >= 0.3 is 5.97 Å². The number of carbonyl (C=O) groups excluding carboxylic acids is 2. The van der Waals surface area contributed by atoms with Gasteiger partial charge in [-0.15, -0.1) is 0 Å². The lowest BCUT2D eigenvalue weighted by Gasteiger charge is -2.34. The van der Waals surface area contributed by atoms with Crippen molar-refractivity contribution in [2.45, 2.75) is 6.54 Å². The van der Waals surface area contributed by atoms with Crippen LogP contribution in [0.5, 0.6) is 0 Å². The number of hydrogen-bond donors (Lipinski definition) is 1. The molecule has 1 fully saturated rings. The summed E-state index contributed by atoms with van der Waals surface area (Å²) in [6.45, 7) is 4.81. The lowest BCUT2D eigenvalue weighted by molar-refractivity contribution is -0.117. The van der Waals surface area contributed by atoms with Crippen molar-refractivity contribution < 1.29 is 14.3 Å². The summed E-state index contributed by atoms with van der Waals surface area (Å²) < 4.78 is 4.72. The predicted molar refractivity (Wildman–Crippen MR) is 105 cm³/mol. The van der Waals surface area contributed by atoms with E-state index in [9.17, 15) is 9.59 Å². The summed E-state index contributed by atoms with van der Waals surface area (Å²) in [5.74, 6) is -0.294. The van der Waals surface area contributed by atoms with Crippen molar-refractivity contribution in [3.8, 4) is 0 Å². The monoisotopic (exact) mass is 367 g/mol. The molecule has 0 aromatic heterocycles. The van der Waals surface area contributed by atoms with Crippen molar-refractivity contribution >= 4 is 17.6 Å². The molecule has 0 bridgehead atoms. The fourth-order valence-corrected chi connectivity index (χ4v) is 3.15. The van der Waals surface area contributed by atoms with Crippen LogP contribution in [-0.4, -0.2) is 61.5 Å². The van der Waals surface area contributed by atoms with Gasteiger partial charge in [-0.25, -0.2) is 4.79 Å². The van der Waals surface area contributed by atoms with Crippen molar-refractivity contribution in [1.82, 2.24) is 9.80 Å². The van der Waals surface area contributed by atoms with E-state index in [0.29, 0.717) is 12.1 Å². The van der Waals surface area contributed by atoms with Gasteiger partial charge < -0.3 is 10.1 Å². The minimum Gasteiger partial charge on any atom is -0.465 e. The molecule has 2 aromatic carbocycles. The Morgan fingerprint density at radius 1 is 0.926 bits per heavy atom. The normalized spacial score (nSPS) is 15.3.